The summed E-state index contributed by atoms with van der Waals surface area (Å²) in [5.74, 6) is 2.00. The van der Waals surface area contributed by atoms with Crippen molar-refractivity contribution in [1.82, 2.24) is 10.1 Å². The number of nitrogens with two attached hydrogens (primary N) is 1. The van der Waals surface area contributed by atoms with Gasteiger partial charge in [-0.1, -0.05) is 23.4 Å². The van der Waals surface area contributed by atoms with Gasteiger partial charge >= 0.3 is 0 Å². The molecule has 0 fully saturated rings. The summed E-state index contributed by atoms with van der Waals surface area (Å²) >= 11 is 0. The number of ether oxygens (including phenoxy) is 1. The van der Waals surface area contributed by atoms with Gasteiger partial charge < -0.3 is 15.0 Å². The van der Waals surface area contributed by atoms with Gasteiger partial charge in [-0.2, -0.15) is 4.98 Å². The minimum Gasteiger partial charge on any atom is -0.492 e. The van der Waals surface area contributed by atoms with Crippen LogP contribution in [0.4, 0.5) is 0 Å². The topological polar surface area (TPSA) is 74.2 Å². The lowest BCUT2D eigenvalue weighted by Crippen LogP contribution is -2.29. The molecule has 1 aliphatic heterocycles. The summed E-state index contributed by atoms with van der Waals surface area (Å²) in [4.78, 5) is 4.38. The van der Waals surface area contributed by atoms with Crippen LogP contribution in [0.15, 0.2) is 28.8 Å². The van der Waals surface area contributed by atoms with Crippen LogP contribution in [0.3, 0.4) is 0 Å². The number of rotatable bonds is 2. The van der Waals surface area contributed by atoms with Gasteiger partial charge in [-0.15, -0.1) is 0 Å². The van der Waals surface area contributed by atoms with Gasteiger partial charge in [-0.25, -0.2) is 0 Å². The van der Waals surface area contributed by atoms with E-state index in [4.69, 9.17) is 15.0 Å². The fraction of sp³-hybridized carbons (Fsp3) is 0.385. The molecule has 3 rings (SSSR count). The van der Waals surface area contributed by atoms with Crippen LogP contribution in [0.2, 0.25) is 0 Å². The molecule has 0 radical (unpaired) electrons. The summed E-state index contributed by atoms with van der Waals surface area (Å²) in [7, 11) is 0. The van der Waals surface area contributed by atoms with Crippen LogP contribution >= 0.6 is 0 Å². The molecule has 5 nitrogen and oxygen atoms in total. The molecule has 0 saturated carbocycles. The van der Waals surface area contributed by atoms with Crippen LogP contribution < -0.4 is 10.5 Å². The Bertz CT molecular complexity index is 572. The molecule has 0 amide bonds. The van der Waals surface area contributed by atoms with E-state index in [2.05, 4.69) is 10.1 Å². The highest BCUT2D eigenvalue weighted by Gasteiger charge is 2.31. The summed E-state index contributed by atoms with van der Waals surface area (Å²) in [6, 6.07) is 7.90. The second kappa shape index (κ2) is 3.81. The van der Waals surface area contributed by atoms with Crippen molar-refractivity contribution in [3.05, 3.63) is 41.5 Å². The summed E-state index contributed by atoms with van der Waals surface area (Å²) in [5, 5.41) is 4.02. The monoisotopic (exact) mass is 245 g/mol. The van der Waals surface area contributed by atoms with Gasteiger partial charge in [0.2, 0.25) is 5.89 Å². The number of aromatic nitrogens is 2. The molecule has 0 bridgehead atoms. The summed E-state index contributed by atoms with van der Waals surface area (Å²) in [6.45, 7) is 4.22. The molecule has 2 aromatic rings. The Balaban J connectivity index is 1.96. The van der Waals surface area contributed by atoms with Crippen molar-refractivity contribution in [3.63, 3.8) is 0 Å². The molecule has 18 heavy (non-hydrogen) atoms. The molecule has 5 heteroatoms. The average molecular weight is 245 g/mol. The molecule has 0 spiro atoms. The Morgan fingerprint density at radius 3 is 2.83 bits per heavy atom. The number of benzene rings is 1. The first-order chi connectivity index (χ1) is 8.55. The molecule has 1 aliphatic rings. The zero-order valence-corrected chi connectivity index (χ0v) is 10.4. The fourth-order valence-corrected chi connectivity index (χ4v) is 2.01. The van der Waals surface area contributed by atoms with Gasteiger partial charge in [0.05, 0.1) is 11.5 Å². The van der Waals surface area contributed by atoms with E-state index in [9.17, 15) is 0 Å². The van der Waals surface area contributed by atoms with Crippen molar-refractivity contribution in [2.75, 3.05) is 6.61 Å². The van der Waals surface area contributed by atoms with E-state index in [1.165, 1.54) is 0 Å². The van der Waals surface area contributed by atoms with Crippen LogP contribution in [-0.4, -0.2) is 16.7 Å². The van der Waals surface area contributed by atoms with E-state index in [1.807, 2.05) is 38.1 Å². The predicted molar refractivity (Wildman–Crippen MR) is 65.3 cm³/mol. The van der Waals surface area contributed by atoms with E-state index in [1.54, 1.807) is 0 Å². The van der Waals surface area contributed by atoms with Gasteiger partial charge in [0.25, 0.3) is 0 Å². The molecule has 94 valence electrons. The Labute approximate surface area is 105 Å². The summed E-state index contributed by atoms with van der Waals surface area (Å²) < 4.78 is 10.8. The highest BCUT2D eigenvalue weighted by atomic mass is 16.5. The van der Waals surface area contributed by atoms with Crippen molar-refractivity contribution < 1.29 is 9.26 Å². The van der Waals surface area contributed by atoms with Gasteiger partial charge in [-0.05, 0) is 19.9 Å². The maximum Gasteiger partial charge on any atom is 0.246 e. The van der Waals surface area contributed by atoms with Crippen LogP contribution in [0.5, 0.6) is 5.75 Å². The van der Waals surface area contributed by atoms with E-state index in [0.29, 0.717) is 18.3 Å². The third kappa shape index (κ3) is 1.76. The second-order valence-corrected chi connectivity index (χ2v) is 5.08. The van der Waals surface area contributed by atoms with E-state index in [0.717, 1.165) is 11.3 Å². The van der Waals surface area contributed by atoms with Crippen molar-refractivity contribution in [1.29, 1.82) is 0 Å². The highest BCUT2D eigenvalue weighted by molar-refractivity contribution is 5.42. The smallest absolute Gasteiger partial charge is 0.246 e. The number of nitrogens with zero attached hydrogens (tertiary/aromatic N) is 2. The van der Waals surface area contributed by atoms with Crippen LogP contribution in [-0.2, 0) is 5.54 Å². The summed E-state index contributed by atoms with van der Waals surface area (Å²) in [5.41, 5.74) is 6.41. The molecule has 1 atom stereocenters. The maximum absolute atomic E-state index is 5.94. The van der Waals surface area contributed by atoms with Crippen LogP contribution in [0, 0.1) is 0 Å². The van der Waals surface area contributed by atoms with E-state index in [-0.39, 0.29) is 5.92 Å². The molecule has 1 unspecified atom stereocenters. The minimum atomic E-state index is -0.621. The van der Waals surface area contributed by atoms with Crippen molar-refractivity contribution in [3.8, 4) is 5.75 Å². The third-order valence-electron chi connectivity index (χ3n) is 3.00. The van der Waals surface area contributed by atoms with E-state index < -0.39 is 5.54 Å². The molecule has 0 saturated heterocycles. The first-order valence-electron chi connectivity index (χ1n) is 5.90. The fourth-order valence-electron chi connectivity index (χ4n) is 2.01. The number of hydrogen-bond donors (Lipinski definition) is 1. The first-order valence-corrected chi connectivity index (χ1v) is 5.90. The lowest BCUT2D eigenvalue weighted by molar-refractivity contribution is 0.305. The van der Waals surface area contributed by atoms with Gasteiger partial charge in [0, 0.05) is 5.56 Å². The molecule has 0 aliphatic carbocycles. The first kappa shape index (κ1) is 11.2. The average Bonchev–Trinajstić information content (AvgIpc) is 2.94. The zero-order chi connectivity index (χ0) is 12.8. The van der Waals surface area contributed by atoms with Gasteiger partial charge in [0.15, 0.2) is 5.82 Å². The van der Waals surface area contributed by atoms with Crippen molar-refractivity contribution in [2.24, 2.45) is 5.73 Å². The lowest BCUT2D eigenvalue weighted by Gasteiger charge is -2.11. The predicted octanol–water partition coefficient (Wildman–Crippen LogP) is 1.79. The van der Waals surface area contributed by atoms with Crippen LogP contribution in [0.1, 0.15) is 37.0 Å². The Kier molecular flexibility index (Phi) is 2.38. The SMILES string of the molecule is CC(C)(N)c1nc(C2COc3ccccc32)no1. The molecule has 1 aromatic carbocycles. The molecular formula is C13H15N3O2. The quantitative estimate of drug-likeness (QED) is 0.873. The minimum absolute atomic E-state index is 0.0287. The van der Waals surface area contributed by atoms with Crippen LogP contribution in [0.25, 0.3) is 0 Å². The lowest BCUT2D eigenvalue weighted by atomic mass is 10.0. The molecule has 1 aromatic heterocycles. The number of para-hydroxylation sites is 1. The maximum atomic E-state index is 5.94. The van der Waals surface area contributed by atoms with Crippen molar-refractivity contribution in [2.45, 2.75) is 25.3 Å². The number of fused-ring (bicyclic) bond motifs is 1. The molecule has 2 N–H and O–H groups in total. The van der Waals surface area contributed by atoms with Gasteiger partial charge in [0.1, 0.15) is 12.4 Å². The Morgan fingerprint density at radius 1 is 1.33 bits per heavy atom. The Hall–Kier alpha value is -1.88. The number of hydrogen-bond acceptors (Lipinski definition) is 5. The van der Waals surface area contributed by atoms with E-state index >= 15 is 0 Å². The standard InChI is InChI=1S/C13H15N3O2/c1-13(2,14)12-15-11(16-18-12)9-7-17-10-6-4-3-5-8(9)10/h3-6,9H,7,14H2,1-2H3. The van der Waals surface area contributed by atoms with Crippen molar-refractivity contribution >= 4 is 0 Å². The molecular weight excluding hydrogens is 230 g/mol. The highest BCUT2D eigenvalue weighted by Crippen LogP contribution is 2.36. The summed E-state index contributed by atoms with van der Waals surface area (Å²) in [6.07, 6.45) is 0. The normalized spacial score (nSPS) is 18.5. The molecule has 2 heterocycles. The largest absolute Gasteiger partial charge is 0.492 e. The zero-order valence-electron chi connectivity index (χ0n) is 10.4. The Morgan fingerprint density at radius 2 is 2.11 bits per heavy atom. The third-order valence-corrected chi connectivity index (χ3v) is 3.00. The second-order valence-electron chi connectivity index (χ2n) is 5.08. The van der Waals surface area contributed by atoms with Gasteiger partial charge in [-0.3, -0.25) is 0 Å².